The summed E-state index contributed by atoms with van der Waals surface area (Å²) in [5.74, 6) is -0.00412. The van der Waals surface area contributed by atoms with Crippen LogP contribution in [0.3, 0.4) is 0 Å². The zero-order chi connectivity index (χ0) is 14.7. The number of ketones is 1. The molecule has 2 N–H and O–H groups in total. The molecule has 0 spiro atoms. The van der Waals surface area contributed by atoms with Gasteiger partial charge in [-0.2, -0.15) is 5.26 Å². The van der Waals surface area contributed by atoms with E-state index in [9.17, 15) is 10.1 Å². The number of nitriles is 1. The number of carbonyl (C=O) groups is 1. The van der Waals surface area contributed by atoms with E-state index in [-0.39, 0.29) is 11.9 Å². The van der Waals surface area contributed by atoms with E-state index in [0.717, 1.165) is 30.9 Å². The highest BCUT2D eigenvalue weighted by Crippen LogP contribution is 2.39. The predicted molar refractivity (Wildman–Crippen MR) is 80.3 cm³/mol. The van der Waals surface area contributed by atoms with Gasteiger partial charge in [0.2, 0.25) is 0 Å². The van der Waals surface area contributed by atoms with Crippen molar-refractivity contribution < 1.29 is 9.53 Å². The van der Waals surface area contributed by atoms with Crippen molar-refractivity contribution in [1.29, 1.82) is 5.26 Å². The number of nitrogens with zero attached hydrogens (tertiary/aromatic N) is 2. The number of methoxy groups -OCH3 is 1. The number of hydrogen-bond donors (Lipinski definition) is 1. The summed E-state index contributed by atoms with van der Waals surface area (Å²) >= 11 is 1.34. The third-order valence-electron chi connectivity index (χ3n) is 3.61. The molecule has 0 radical (unpaired) electrons. The smallest absolute Gasteiger partial charge is 0.174 e. The molecular weight excluding hydrogens is 274 g/mol. The summed E-state index contributed by atoms with van der Waals surface area (Å²) in [6, 6.07) is 2.14. The number of ether oxygens (including phenoxy) is 1. The van der Waals surface area contributed by atoms with Crippen LogP contribution in [-0.4, -0.2) is 32.1 Å². The maximum absolute atomic E-state index is 11.9. The number of Topliss-reactive ketones (excluding diaryl/α,β-unsaturated/α-hetero) is 1. The predicted octanol–water partition coefficient (Wildman–Crippen LogP) is 2.41. The Morgan fingerprint density at radius 1 is 1.65 bits per heavy atom. The Kier molecular flexibility index (Phi) is 4.63. The summed E-state index contributed by atoms with van der Waals surface area (Å²) < 4.78 is 5.40. The molecule has 1 aliphatic rings. The molecule has 6 heteroatoms. The van der Waals surface area contributed by atoms with E-state index in [0.29, 0.717) is 22.5 Å². The van der Waals surface area contributed by atoms with E-state index in [1.807, 2.05) is 0 Å². The minimum absolute atomic E-state index is 0.00412. The lowest BCUT2D eigenvalue weighted by Crippen LogP contribution is -2.39. The fourth-order valence-electron chi connectivity index (χ4n) is 2.44. The van der Waals surface area contributed by atoms with E-state index in [2.05, 4.69) is 11.0 Å². The largest absolute Gasteiger partial charge is 0.396 e. The highest BCUT2D eigenvalue weighted by molar-refractivity contribution is 7.19. The Morgan fingerprint density at radius 3 is 3.00 bits per heavy atom. The molecule has 20 heavy (non-hydrogen) atoms. The molecule has 1 aliphatic heterocycles. The van der Waals surface area contributed by atoms with Gasteiger partial charge < -0.3 is 15.4 Å². The molecule has 108 valence electrons. The maximum atomic E-state index is 11.9. The lowest BCUT2D eigenvalue weighted by molar-refractivity contribution is 0.0895. The summed E-state index contributed by atoms with van der Waals surface area (Å²) in [4.78, 5) is 14.5. The number of piperidine rings is 1. The van der Waals surface area contributed by atoms with Crippen molar-refractivity contribution in [2.75, 3.05) is 30.8 Å². The Morgan fingerprint density at radius 2 is 2.40 bits per heavy atom. The molecule has 1 fully saturated rings. The Labute approximate surface area is 122 Å². The molecule has 1 aromatic rings. The minimum Gasteiger partial charge on any atom is -0.396 e. The molecule has 0 saturated carbocycles. The van der Waals surface area contributed by atoms with Crippen LogP contribution < -0.4 is 10.6 Å². The number of nitrogens with two attached hydrogens (primary N) is 1. The summed E-state index contributed by atoms with van der Waals surface area (Å²) in [5, 5.41) is 10.1. The first-order chi connectivity index (χ1) is 9.62. The number of thiophene rings is 1. The van der Waals surface area contributed by atoms with Crippen LogP contribution in [0.15, 0.2) is 0 Å². The van der Waals surface area contributed by atoms with Gasteiger partial charge in [-0.1, -0.05) is 6.92 Å². The van der Waals surface area contributed by atoms with E-state index < -0.39 is 0 Å². The van der Waals surface area contributed by atoms with Crippen LogP contribution in [0.4, 0.5) is 10.7 Å². The molecule has 2 heterocycles. The van der Waals surface area contributed by atoms with Gasteiger partial charge in [-0.15, -0.1) is 11.3 Å². The zero-order valence-corrected chi connectivity index (χ0v) is 12.6. The van der Waals surface area contributed by atoms with Crippen LogP contribution in [0.5, 0.6) is 0 Å². The Hall–Kier alpha value is -1.58. The van der Waals surface area contributed by atoms with Crippen LogP contribution in [0, 0.1) is 11.3 Å². The van der Waals surface area contributed by atoms with Gasteiger partial charge in [0.25, 0.3) is 0 Å². The van der Waals surface area contributed by atoms with Crippen molar-refractivity contribution in [3.05, 3.63) is 10.4 Å². The van der Waals surface area contributed by atoms with Crippen molar-refractivity contribution in [2.45, 2.75) is 32.3 Å². The van der Waals surface area contributed by atoms with Gasteiger partial charge in [-0.25, -0.2) is 0 Å². The SMILES string of the molecule is CCC(=O)c1sc(N2CCCC(OC)C2)c(C#N)c1N. The molecule has 0 amide bonds. The van der Waals surface area contributed by atoms with Gasteiger partial charge in [-0.05, 0) is 12.8 Å². The minimum atomic E-state index is -0.00412. The van der Waals surface area contributed by atoms with Crippen LogP contribution in [0.1, 0.15) is 41.4 Å². The molecule has 0 bridgehead atoms. The van der Waals surface area contributed by atoms with Crippen molar-refractivity contribution in [3.8, 4) is 6.07 Å². The molecular formula is C14H19N3O2S. The van der Waals surface area contributed by atoms with Gasteiger partial charge in [0.15, 0.2) is 5.78 Å². The number of anilines is 2. The average molecular weight is 293 g/mol. The maximum Gasteiger partial charge on any atom is 0.174 e. The summed E-state index contributed by atoms with van der Waals surface area (Å²) in [6.45, 7) is 3.41. The first kappa shape index (κ1) is 14.8. The van der Waals surface area contributed by atoms with Crippen molar-refractivity contribution in [3.63, 3.8) is 0 Å². The van der Waals surface area contributed by atoms with Gasteiger partial charge in [0.05, 0.1) is 16.7 Å². The fourth-order valence-corrected chi connectivity index (χ4v) is 3.66. The second kappa shape index (κ2) is 6.25. The van der Waals surface area contributed by atoms with Crippen LogP contribution in [-0.2, 0) is 4.74 Å². The van der Waals surface area contributed by atoms with E-state index in [1.54, 1.807) is 14.0 Å². The van der Waals surface area contributed by atoms with Crippen LogP contribution in [0.25, 0.3) is 0 Å². The van der Waals surface area contributed by atoms with E-state index >= 15 is 0 Å². The van der Waals surface area contributed by atoms with Gasteiger partial charge >= 0.3 is 0 Å². The molecule has 5 nitrogen and oxygen atoms in total. The number of hydrogen-bond acceptors (Lipinski definition) is 6. The lowest BCUT2D eigenvalue weighted by Gasteiger charge is -2.32. The molecule has 0 aromatic carbocycles. The molecule has 1 unspecified atom stereocenters. The standard InChI is InChI=1S/C14H19N3O2S/c1-3-11(18)13-12(16)10(7-15)14(20-13)17-6-4-5-9(8-17)19-2/h9H,3-6,8,16H2,1-2H3. The third-order valence-corrected chi connectivity index (χ3v) is 4.92. The van der Waals surface area contributed by atoms with Crippen molar-refractivity contribution >= 4 is 27.8 Å². The second-order valence-corrected chi connectivity index (χ2v) is 5.86. The molecule has 1 atom stereocenters. The van der Waals surface area contributed by atoms with Crippen LogP contribution in [0.2, 0.25) is 0 Å². The highest BCUT2D eigenvalue weighted by Gasteiger charge is 2.27. The monoisotopic (exact) mass is 293 g/mol. The molecule has 1 aromatic heterocycles. The first-order valence-corrected chi connectivity index (χ1v) is 7.57. The second-order valence-electron chi connectivity index (χ2n) is 4.86. The van der Waals surface area contributed by atoms with Crippen molar-refractivity contribution in [2.24, 2.45) is 0 Å². The highest BCUT2D eigenvalue weighted by atomic mass is 32.1. The average Bonchev–Trinajstić information content (AvgIpc) is 2.83. The summed E-state index contributed by atoms with van der Waals surface area (Å²) in [5.41, 5.74) is 6.74. The normalized spacial score (nSPS) is 18.9. The number of nitrogen functional groups attached to an aromatic ring is 1. The molecule has 1 saturated heterocycles. The lowest BCUT2D eigenvalue weighted by atomic mass is 10.1. The number of rotatable bonds is 4. The first-order valence-electron chi connectivity index (χ1n) is 6.75. The summed E-state index contributed by atoms with van der Waals surface area (Å²) in [7, 11) is 1.70. The molecule has 2 rings (SSSR count). The molecule has 0 aliphatic carbocycles. The third kappa shape index (κ3) is 2.65. The van der Waals surface area contributed by atoms with E-state index in [4.69, 9.17) is 10.5 Å². The van der Waals surface area contributed by atoms with Gasteiger partial charge in [-0.3, -0.25) is 4.79 Å². The number of carbonyl (C=O) groups excluding carboxylic acids is 1. The van der Waals surface area contributed by atoms with E-state index in [1.165, 1.54) is 11.3 Å². The topological polar surface area (TPSA) is 79.3 Å². The Bertz CT molecular complexity index is 547. The van der Waals surface area contributed by atoms with Crippen molar-refractivity contribution in [1.82, 2.24) is 0 Å². The van der Waals surface area contributed by atoms with Gasteiger partial charge in [0, 0.05) is 26.6 Å². The summed E-state index contributed by atoms with van der Waals surface area (Å²) in [6.07, 6.45) is 2.61. The Balaban J connectivity index is 2.36. The quantitative estimate of drug-likeness (QED) is 0.862. The fraction of sp³-hybridized carbons (Fsp3) is 0.571. The van der Waals surface area contributed by atoms with Gasteiger partial charge in [0.1, 0.15) is 16.6 Å². The van der Waals surface area contributed by atoms with Crippen LogP contribution >= 0.6 is 11.3 Å². The zero-order valence-electron chi connectivity index (χ0n) is 11.8.